The maximum absolute atomic E-state index is 10.9. The van der Waals surface area contributed by atoms with Gasteiger partial charge in [0.05, 0.1) is 11.8 Å². The van der Waals surface area contributed by atoms with Crippen molar-refractivity contribution in [3.05, 3.63) is 41.7 Å². The molecular formula is C13H12N4O3. The van der Waals surface area contributed by atoms with E-state index >= 15 is 0 Å². The molecule has 0 aliphatic heterocycles. The highest BCUT2D eigenvalue weighted by Crippen LogP contribution is 2.20. The second kappa shape index (κ2) is 4.69. The van der Waals surface area contributed by atoms with Crippen molar-refractivity contribution < 1.29 is 14.3 Å². The summed E-state index contributed by atoms with van der Waals surface area (Å²) in [6.45, 7) is 0.534. The Labute approximate surface area is 113 Å². The van der Waals surface area contributed by atoms with Gasteiger partial charge in [-0.05, 0) is 18.2 Å². The molecular weight excluding hydrogens is 260 g/mol. The standard InChI is InChI=1S/C13H12N4O3/c1-17-7-8(6-15-17)5-14-13-16-10-3-2-9(12(18)19)4-11(10)20-13/h2-4,6-7H,5H2,1H3,(H,14,16)(H,18,19). The lowest BCUT2D eigenvalue weighted by Crippen LogP contribution is -1.98. The van der Waals surface area contributed by atoms with Gasteiger partial charge in [0.15, 0.2) is 5.58 Å². The average molecular weight is 272 g/mol. The number of fused-ring (bicyclic) bond motifs is 1. The van der Waals surface area contributed by atoms with Gasteiger partial charge in [-0.2, -0.15) is 10.1 Å². The highest BCUT2D eigenvalue weighted by atomic mass is 16.4. The number of nitrogens with one attached hydrogen (secondary N) is 1. The Bertz CT molecular complexity index is 775. The van der Waals surface area contributed by atoms with Gasteiger partial charge >= 0.3 is 5.97 Å². The van der Waals surface area contributed by atoms with Crippen molar-refractivity contribution in [2.75, 3.05) is 5.32 Å². The lowest BCUT2D eigenvalue weighted by Gasteiger charge is -1.97. The first kappa shape index (κ1) is 12.2. The van der Waals surface area contributed by atoms with Crippen molar-refractivity contribution in [2.24, 2.45) is 7.05 Å². The molecule has 7 nitrogen and oxygen atoms in total. The van der Waals surface area contributed by atoms with Crippen molar-refractivity contribution >= 4 is 23.1 Å². The number of hydrogen-bond donors (Lipinski definition) is 2. The molecule has 1 aromatic carbocycles. The fourth-order valence-electron chi connectivity index (χ4n) is 1.87. The lowest BCUT2D eigenvalue weighted by atomic mass is 10.2. The fourth-order valence-corrected chi connectivity index (χ4v) is 1.87. The Morgan fingerprint density at radius 3 is 3.05 bits per heavy atom. The summed E-state index contributed by atoms with van der Waals surface area (Å²) in [5.41, 5.74) is 2.23. The lowest BCUT2D eigenvalue weighted by molar-refractivity contribution is 0.0697. The maximum Gasteiger partial charge on any atom is 0.335 e. The normalized spacial score (nSPS) is 10.8. The van der Waals surface area contributed by atoms with Crippen molar-refractivity contribution in [1.29, 1.82) is 0 Å². The topological polar surface area (TPSA) is 93.2 Å². The van der Waals surface area contributed by atoms with Gasteiger partial charge in [-0.1, -0.05) is 0 Å². The van der Waals surface area contributed by atoms with Crippen LogP contribution >= 0.6 is 0 Å². The van der Waals surface area contributed by atoms with Crippen molar-refractivity contribution in [3.8, 4) is 0 Å². The Hall–Kier alpha value is -2.83. The molecule has 3 rings (SSSR count). The van der Waals surface area contributed by atoms with E-state index in [4.69, 9.17) is 9.52 Å². The molecule has 3 aromatic rings. The van der Waals surface area contributed by atoms with E-state index < -0.39 is 5.97 Å². The number of nitrogens with zero attached hydrogens (tertiary/aromatic N) is 3. The Balaban J connectivity index is 1.80. The molecule has 102 valence electrons. The van der Waals surface area contributed by atoms with Crippen LogP contribution in [0, 0.1) is 0 Å². The second-order valence-corrected chi connectivity index (χ2v) is 4.38. The van der Waals surface area contributed by atoms with Gasteiger partial charge in [0.1, 0.15) is 5.52 Å². The number of benzene rings is 1. The zero-order valence-electron chi connectivity index (χ0n) is 10.7. The molecule has 0 bridgehead atoms. The summed E-state index contributed by atoms with van der Waals surface area (Å²) in [6, 6.07) is 4.93. The van der Waals surface area contributed by atoms with Gasteiger partial charge in [-0.25, -0.2) is 4.79 Å². The summed E-state index contributed by atoms with van der Waals surface area (Å²) in [5, 5.41) is 16.0. The zero-order chi connectivity index (χ0) is 14.1. The van der Waals surface area contributed by atoms with E-state index in [0.717, 1.165) is 5.56 Å². The first-order valence-electron chi connectivity index (χ1n) is 5.97. The van der Waals surface area contributed by atoms with Gasteiger partial charge in [0.2, 0.25) is 0 Å². The largest absolute Gasteiger partial charge is 0.478 e. The molecule has 2 N–H and O–H groups in total. The predicted octanol–water partition coefficient (Wildman–Crippen LogP) is 1.87. The fraction of sp³-hybridized carbons (Fsp3) is 0.154. The van der Waals surface area contributed by atoms with E-state index in [1.165, 1.54) is 12.1 Å². The number of aryl methyl sites for hydroxylation is 1. The summed E-state index contributed by atoms with van der Waals surface area (Å²) < 4.78 is 7.19. The first-order valence-corrected chi connectivity index (χ1v) is 5.97. The van der Waals surface area contributed by atoms with Crippen LogP contribution in [-0.4, -0.2) is 25.8 Å². The first-order chi connectivity index (χ1) is 9.61. The van der Waals surface area contributed by atoms with E-state index in [2.05, 4.69) is 15.4 Å². The van der Waals surface area contributed by atoms with Crippen molar-refractivity contribution in [3.63, 3.8) is 0 Å². The highest BCUT2D eigenvalue weighted by molar-refractivity contribution is 5.92. The maximum atomic E-state index is 10.9. The van der Waals surface area contributed by atoms with E-state index in [0.29, 0.717) is 23.7 Å². The molecule has 0 fully saturated rings. The quantitative estimate of drug-likeness (QED) is 0.753. The number of oxazole rings is 1. The van der Waals surface area contributed by atoms with Crippen molar-refractivity contribution in [2.45, 2.75) is 6.54 Å². The third-order valence-electron chi connectivity index (χ3n) is 2.84. The van der Waals surface area contributed by atoms with Crippen LogP contribution in [0.4, 0.5) is 6.01 Å². The molecule has 0 saturated heterocycles. The van der Waals surface area contributed by atoms with Gasteiger partial charge in [-0.15, -0.1) is 0 Å². The van der Waals surface area contributed by atoms with E-state index in [1.54, 1.807) is 16.9 Å². The predicted molar refractivity (Wildman–Crippen MR) is 71.5 cm³/mol. The van der Waals surface area contributed by atoms with Crippen LogP contribution in [0.15, 0.2) is 35.0 Å². The summed E-state index contributed by atoms with van der Waals surface area (Å²) >= 11 is 0. The Morgan fingerprint density at radius 1 is 1.50 bits per heavy atom. The SMILES string of the molecule is Cn1cc(CNc2nc3ccc(C(=O)O)cc3o2)cn1. The Morgan fingerprint density at radius 2 is 2.35 bits per heavy atom. The van der Waals surface area contributed by atoms with Gasteiger partial charge in [0, 0.05) is 25.4 Å². The number of anilines is 1. The van der Waals surface area contributed by atoms with Gasteiger partial charge in [0.25, 0.3) is 6.01 Å². The van der Waals surface area contributed by atoms with Crippen LogP contribution in [0.2, 0.25) is 0 Å². The number of hydrogen-bond acceptors (Lipinski definition) is 5. The number of aromatic nitrogens is 3. The van der Waals surface area contributed by atoms with Crippen LogP contribution in [0.25, 0.3) is 11.1 Å². The van der Waals surface area contributed by atoms with Gasteiger partial charge < -0.3 is 14.8 Å². The number of carboxylic acids is 1. The smallest absolute Gasteiger partial charge is 0.335 e. The number of aromatic carboxylic acids is 1. The number of rotatable bonds is 4. The molecule has 0 aliphatic carbocycles. The minimum Gasteiger partial charge on any atom is -0.478 e. The van der Waals surface area contributed by atoms with Crippen LogP contribution in [0.1, 0.15) is 15.9 Å². The van der Waals surface area contributed by atoms with E-state index in [1.807, 2.05) is 13.2 Å². The number of carboxylic acid groups (broad SMARTS) is 1. The third kappa shape index (κ3) is 2.33. The van der Waals surface area contributed by atoms with Crippen LogP contribution in [-0.2, 0) is 13.6 Å². The molecule has 0 unspecified atom stereocenters. The highest BCUT2D eigenvalue weighted by Gasteiger charge is 2.09. The summed E-state index contributed by atoms with van der Waals surface area (Å²) in [5.74, 6) is -0.992. The third-order valence-corrected chi connectivity index (χ3v) is 2.84. The average Bonchev–Trinajstić information content (AvgIpc) is 3.00. The molecule has 7 heteroatoms. The summed E-state index contributed by atoms with van der Waals surface area (Å²) in [4.78, 5) is 15.1. The molecule has 0 atom stereocenters. The van der Waals surface area contributed by atoms with Crippen LogP contribution in [0.5, 0.6) is 0 Å². The molecule has 2 heterocycles. The second-order valence-electron chi connectivity index (χ2n) is 4.38. The van der Waals surface area contributed by atoms with Crippen LogP contribution in [0.3, 0.4) is 0 Å². The minimum absolute atomic E-state index is 0.174. The summed E-state index contributed by atoms with van der Waals surface area (Å²) in [6.07, 6.45) is 3.64. The molecule has 0 spiro atoms. The molecule has 20 heavy (non-hydrogen) atoms. The molecule has 0 aliphatic rings. The van der Waals surface area contributed by atoms with Gasteiger partial charge in [-0.3, -0.25) is 4.68 Å². The zero-order valence-corrected chi connectivity index (χ0v) is 10.7. The van der Waals surface area contributed by atoms with Crippen LogP contribution < -0.4 is 5.32 Å². The Kier molecular flexibility index (Phi) is 2.86. The van der Waals surface area contributed by atoms with E-state index in [-0.39, 0.29) is 5.56 Å². The molecule has 2 aromatic heterocycles. The molecule has 0 saturated carbocycles. The summed E-state index contributed by atoms with van der Waals surface area (Å²) in [7, 11) is 1.84. The number of carbonyl (C=O) groups is 1. The minimum atomic E-state index is -0.992. The monoisotopic (exact) mass is 272 g/mol. The molecule has 0 amide bonds. The van der Waals surface area contributed by atoms with Crippen molar-refractivity contribution in [1.82, 2.24) is 14.8 Å². The van der Waals surface area contributed by atoms with E-state index in [9.17, 15) is 4.79 Å². The molecule has 0 radical (unpaired) electrons.